The van der Waals surface area contributed by atoms with Gasteiger partial charge in [0.15, 0.2) is 0 Å². The molecule has 20 heavy (non-hydrogen) atoms. The van der Waals surface area contributed by atoms with Gasteiger partial charge < -0.3 is 0 Å². The third-order valence-electron chi connectivity index (χ3n) is 3.03. The van der Waals surface area contributed by atoms with Crippen molar-refractivity contribution < 1.29 is 4.39 Å². The van der Waals surface area contributed by atoms with Crippen LogP contribution in [0.4, 0.5) is 4.39 Å². The van der Waals surface area contributed by atoms with Crippen molar-refractivity contribution in [2.24, 2.45) is 5.84 Å². The van der Waals surface area contributed by atoms with Crippen LogP contribution in [0.1, 0.15) is 17.2 Å². The minimum Gasteiger partial charge on any atom is -0.271 e. The van der Waals surface area contributed by atoms with Gasteiger partial charge in [-0.05, 0) is 42.3 Å². The van der Waals surface area contributed by atoms with Gasteiger partial charge >= 0.3 is 0 Å². The van der Waals surface area contributed by atoms with Crippen molar-refractivity contribution in [2.75, 3.05) is 5.75 Å². The molecule has 2 rings (SSSR count). The summed E-state index contributed by atoms with van der Waals surface area (Å²) in [6.45, 7) is 2.06. The molecular weight excluding hydrogens is 295 g/mol. The normalized spacial score (nSPS) is 12.4. The van der Waals surface area contributed by atoms with E-state index >= 15 is 0 Å². The maximum absolute atomic E-state index is 13.3. The zero-order chi connectivity index (χ0) is 14.5. The molecule has 106 valence electrons. The quantitative estimate of drug-likeness (QED) is 0.496. The van der Waals surface area contributed by atoms with Crippen LogP contribution in [-0.4, -0.2) is 5.75 Å². The highest BCUT2D eigenvalue weighted by Gasteiger charge is 2.15. The molecule has 2 aromatic rings. The van der Waals surface area contributed by atoms with Crippen LogP contribution in [0.3, 0.4) is 0 Å². The lowest BCUT2D eigenvalue weighted by molar-refractivity contribution is 0.591. The fraction of sp³-hybridized carbons (Fsp3) is 0.200. The van der Waals surface area contributed by atoms with Crippen molar-refractivity contribution >= 4 is 23.4 Å². The van der Waals surface area contributed by atoms with Crippen LogP contribution in [-0.2, 0) is 0 Å². The summed E-state index contributed by atoms with van der Waals surface area (Å²) in [4.78, 5) is 1.18. The molecule has 2 aromatic carbocycles. The second-order valence-corrected chi connectivity index (χ2v) is 5.93. The van der Waals surface area contributed by atoms with Crippen LogP contribution in [0.5, 0.6) is 0 Å². The predicted molar refractivity (Wildman–Crippen MR) is 83.4 cm³/mol. The van der Waals surface area contributed by atoms with E-state index in [9.17, 15) is 4.39 Å². The highest BCUT2D eigenvalue weighted by molar-refractivity contribution is 7.99. The molecule has 0 aliphatic rings. The first-order chi connectivity index (χ1) is 9.61. The van der Waals surface area contributed by atoms with Crippen LogP contribution in [0, 0.1) is 12.7 Å². The molecule has 0 saturated carbocycles. The van der Waals surface area contributed by atoms with Gasteiger partial charge in [0.2, 0.25) is 0 Å². The Labute approximate surface area is 127 Å². The molecule has 3 N–H and O–H groups in total. The van der Waals surface area contributed by atoms with E-state index in [0.717, 1.165) is 0 Å². The highest BCUT2D eigenvalue weighted by atomic mass is 35.5. The van der Waals surface area contributed by atoms with Crippen molar-refractivity contribution in [1.29, 1.82) is 0 Å². The van der Waals surface area contributed by atoms with E-state index < -0.39 is 0 Å². The van der Waals surface area contributed by atoms with Crippen LogP contribution in [0.15, 0.2) is 47.4 Å². The van der Waals surface area contributed by atoms with Gasteiger partial charge in [-0.3, -0.25) is 11.3 Å². The van der Waals surface area contributed by atoms with Gasteiger partial charge in [0, 0.05) is 15.7 Å². The first-order valence-corrected chi connectivity index (χ1v) is 7.57. The average molecular weight is 311 g/mol. The zero-order valence-corrected chi connectivity index (χ0v) is 12.6. The van der Waals surface area contributed by atoms with Crippen LogP contribution >= 0.6 is 23.4 Å². The third-order valence-corrected chi connectivity index (χ3v) is 4.65. The minimum absolute atomic E-state index is 0.206. The molecule has 0 fully saturated rings. The van der Waals surface area contributed by atoms with Crippen molar-refractivity contribution in [1.82, 2.24) is 5.43 Å². The Hall–Kier alpha value is -1.07. The van der Waals surface area contributed by atoms with Crippen molar-refractivity contribution in [3.63, 3.8) is 0 Å². The number of hydrogen-bond donors (Lipinski definition) is 2. The van der Waals surface area contributed by atoms with E-state index in [1.807, 2.05) is 12.1 Å². The van der Waals surface area contributed by atoms with E-state index in [0.29, 0.717) is 16.3 Å². The van der Waals surface area contributed by atoms with Gasteiger partial charge in [-0.15, -0.1) is 11.8 Å². The molecule has 0 saturated heterocycles. The number of hydrazine groups is 1. The van der Waals surface area contributed by atoms with Gasteiger partial charge in [-0.1, -0.05) is 29.8 Å². The number of hydrogen-bond acceptors (Lipinski definition) is 3. The SMILES string of the molecule is Cc1ccccc1SCC(NN)c1cc(F)ccc1Cl. The van der Waals surface area contributed by atoms with E-state index in [1.165, 1.54) is 22.6 Å². The molecular formula is C15H16ClFN2S. The maximum atomic E-state index is 13.3. The number of nitrogens with one attached hydrogen (secondary N) is 1. The van der Waals surface area contributed by atoms with E-state index in [2.05, 4.69) is 24.5 Å². The summed E-state index contributed by atoms with van der Waals surface area (Å²) in [5.41, 5.74) is 4.59. The Morgan fingerprint density at radius 2 is 2.05 bits per heavy atom. The lowest BCUT2D eigenvalue weighted by Gasteiger charge is -2.18. The molecule has 0 heterocycles. The molecule has 2 nitrogen and oxygen atoms in total. The lowest BCUT2D eigenvalue weighted by Crippen LogP contribution is -2.30. The molecule has 0 amide bonds. The molecule has 0 aromatic heterocycles. The zero-order valence-electron chi connectivity index (χ0n) is 11.1. The van der Waals surface area contributed by atoms with E-state index in [-0.39, 0.29) is 11.9 Å². The number of thioether (sulfide) groups is 1. The largest absolute Gasteiger partial charge is 0.271 e. The first-order valence-electron chi connectivity index (χ1n) is 6.21. The molecule has 5 heteroatoms. The Bertz CT molecular complexity index is 592. The summed E-state index contributed by atoms with van der Waals surface area (Å²) >= 11 is 7.78. The van der Waals surface area contributed by atoms with Gasteiger partial charge in [0.1, 0.15) is 5.82 Å². The number of halogens is 2. The molecule has 0 bridgehead atoms. The molecule has 0 radical (unpaired) electrons. The van der Waals surface area contributed by atoms with Crippen molar-refractivity contribution in [3.05, 3.63) is 64.4 Å². The third kappa shape index (κ3) is 3.73. The van der Waals surface area contributed by atoms with Gasteiger partial charge in [0.05, 0.1) is 6.04 Å². The summed E-state index contributed by atoms with van der Waals surface area (Å²) in [7, 11) is 0. The Morgan fingerprint density at radius 3 is 2.75 bits per heavy atom. The Morgan fingerprint density at radius 1 is 1.30 bits per heavy atom. The topological polar surface area (TPSA) is 38.0 Å². The van der Waals surface area contributed by atoms with E-state index in [4.69, 9.17) is 17.4 Å². The second kappa shape index (κ2) is 7.09. The predicted octanol–water partition coefficient (Wildman–Crippen LogP) is 4.08. The van der Waals surface area contributed by atoms with Gasteiger partial charge in [-0.2, -0.15) is 0 Å². The fourth-order valence-corrected chi connectivity index (χ4v) is 3.24. The standard InChI is InChI=1S/C15H16ClFN2S/c1-10-4-2-3-5-15(10)20-9-14(19-18)12-8-11(17)6-7-13(12)16/h2-8,14,19H,9,18H2,1H3. The van der Waals surface area contributed by atoms with Crippen LogP contribution < -0.4 is 11.3 Å². The van der Waals surface area contributed by atoms with Crippen molar-refractivity contribution in [3.8, 4) is 0 Å². The van der Waals surface area contributed by atoms with Crippen LogP contribution in [0.25, 0.3) is 0 Å². The smallest absolute Gasteiger partial charge is 0.123 e. The number of rotatable bonds is 5. The molecule has 0 aliphatic heterocycles. The second-order valence-electron chi connectivity index (χ2n) is 4.46. The minimum atomic E-state index is -0.314. The van der Waals surface area contributed by atoms with Crippen LogP contribution in [0.2, 0.25) is 5.02 Å². The van der Waals surface area contributed by atoms with Gasteiger partial charge in [-0.25, -0.2) is 4.39 Å². The van der Waals surface area contributed by atoms with Crippen molar-refractivity contribution in [2.45, 2.75) is 17.9 Å². The van der Waals surface area contributed by atoms with E-state index in [1.54, 1.807) is 17.8 Å². The average Bonchev–Trinajstić information content (AvgIpc) is 2.45. The van der Waals surface area contributed by atoms with Gasteiger partial charge in [0.25, 0.3) is 0 Å². The molecule has 1 atom stereocenters. The summed E-state index contributed by atoms with van der Waals surface area (Å²) in [5.74, 6) is 5.94. The number of aryl methyl sites for hydroxylation is 1. The Kier molecular flexibility index (Phi) is 5.43. The summed E-state index contributed by atoms with van der Waals surface area (Å²) in [5, 5.41) is 0.514. The molecule has 0 aliphatic carbocycles. The fourth-order valence-electron chi connectivity index (χ4n) is 1.90. The Balaban J connectivity index is 2.13. The monoisotopic (exact) mass is 310 g/mol. The molecule has 1 unspecified atom stereocenters. The maximum Gasteiger partial charge on any atom is 0.123 e. The molecule has 0 spiro atoms. The number of nitrogens with two attached hydrogens (primary N) is 1. The number of benzene rings is 2. The summed E-state index contributed by atoms with van der Waals surface area (Å²) in [6.07, 6.45) is 0. The lowest BCUT2D eigenvalue weighted by atomic mass is 10.1. The summed E-state index contributed by atoms with van der Waals surface area (Å²) in [6, 6.07) is 12.2. The first kappa shape index (κ1) is 15.3. The highest BCUT2D eigenvalue weighted by Crippen LogP contribution is 2.30. The summed E-state index contributed by atoms with van der Waals surface area (Å²) < 4.78 is 13.3.